The van der Waals surface area contributed by atoms with Crippen LogP contribution in [0.2, 0.25) is 0 Å². The SMILES string of the molecule is CCC(c1ccccc1)N1CCNC1=S. The molecule has 1 saturated heterocycles. The van der Waals surface area contributed by atoms with Crippen LogP contribution in [0.5, 0.6) is 0 Å². The van der Waals surface area contributed by atoms with Gasteiger partial charge >= 0.3 is 0 Å². The molecule has 0 aliphatic carbocycles. The average molecular weight is 220 g/mol. The Bertz CT molecular complexity index is 337. The van der Waals surface area contributed by atoms with Gasteiger partial charge < -0.3 is 10.2 Å². The fourth-order valence-corrected chi connectivity index (χ4v) is 2.42. The molecule has 0 bridgehead atoms. The average Bonchev–Trinajstić information content (AvgIpc) is 2.68. The second-order valence-electron chi connectivity index (χ2n) is 3.76. The molecule has 1 unspecified atom stereocenters. The van der Waals surface area contributed by atoms with Crippen LogP contribution in [0.4, 0.5) is 0 Å². The van der Waals surface area contributed by atoms with Gasteiger partial charge in [-0.15, -0.1) is 0 Å². The first-order valence-corrected chi connectivity index (χ1v) is 5.83. The maximum absolute atomic E-state index is 5.30. The molecular weight excluding hydrogens is 204 g/mol. The molecule has 80 valence electrons. The van der Waals surface area contributed by atoms with Crippen LogP contribution < -0.4 is 5.32 Å². The summed E-state index contributed by atoms with van der Waals surface area (Å²) in [7, 11) is 0. The molecule has 2 nitrogen and oxygen atoms in total. The van der Waals surface area contributed by atoms with Gasteiger partial charge in [0.25, 0.3) is 0 Å². The van der Waals surface area contributed by atoms with Crippen molar-refractivity contribution >= 4 is 17.3 Å². The van der Waals surface area contributed by atoms with E-state index in [0.29, 0.717) is 6.04 Å². The molecule has 1 heterocycles. The molecule has 1 aliphatic heterocycles. The Morgan fingerprint density at radius 1 is 1.40 bits per heavy atom. The van der Waals surface area contributed by atoms with Gasteiger partial charge in [0.2, 0.25) is 0 Å². The first-order valence-electron chi connectivity index (χ1n) is 5.42. The molecule has 2 rings (SSSR count). The number of rotatable bonds is 3. The Morgan fingerprint density at radius 2 is 2.13 bits per heavy atom. The van der Waals surface area contributed by atoms with Gasteiger partial charge in [-0.2, -0.15) is 0 Å². The summed E-state index contributed by atoms with van der Waals surface area (Å²) in [6.45, 7) is 4.20. The minimum absolute atomic E-state index is 0.425. The van der Waals surface area contributed by atoms with Crippen molar-refractivity contribution in [3.63, 3.8) is 0 Å². The highest BCUT2D eigenvalue weighted by atomic mass is 32.1. The van der Waals surface area contributed by atoms with E-state index in [2.05, 4.69) is 47.5 Å². The predicted molar refractivity (Wildman–Crippen MR) is 66.8 cm³/mol. The summed E-state index contributed by atoms with van der Waals surface area (Å²) in [5, 5.41) is 4.11. The number of hydrogen-bond acceptors (Lipinski definition) is 1. The van der Waals surface area contributed by atoms with Gasteiger partial charge in [-0.3, -0.25) is 0 Å². The molecule has 1 aliphatic rings. The smallest absolute Gasteiger partial charge is 0.169 e. The maximum Gasteiger partial charge on any atom is 0.169 e. The fraction of sp³-hybridized carbons (Fsp3) is 0.417. The summed E-state index contributed by atoms with van der Waals surface area (Å²) in [5.74, 6) is 0. The minimum atomic E-state index is 0.425. The van der Waals surface area contributed by atoms with Gasteiger partial charge in [0.05, 0.1) is 6.04 Å². The third kappa shape index (κ3) is 2.12. The van der Waals surface area contributed by atoms with Crippen molar-refractivity contribution in [1.29, 1.82) is 0 Å². The van der Waals surface area contributed by atoms with Crippen molar-refractivity contribution < 1.29 is 0 Å². The molecule has 0 spiro atoms. The molecule has 1 atom stereocenters. The van der Waals surface area contributed by atoms with Gasteiger partial charge in [0.1, 0.15) is 0 Å². The molecule has 1 aromatic rings. The van der Waals surface area contributed by atoms with Crippen LogP contribution in [-0.4, -0.2) is 23.1 Å². The summed E-state index contributed by atoms with van der Waals surface area (Å²) < 4.78 is 0. The molecule has 0 saturated carbocycles. The molecule has 1 N–H and O–H groups in total. The van der Waals surface area contributed by atoms with E-state index in [1.165, 1.54) is 5.56 Å². The number of nitrogens with zero attached hydrogens (tertiary/aromatic N) is 1. The van der Waals surface area contributed by atoms with Crippen LogP contribution in [0.1, 0.15) is 24.9 Å². The van der Waals surface area contributed by atoms with Crippen LogP contribution in [0.15, 0.2) is 30.3 Å². The van der Waals surface area contributed by atoms with Crippen molar-refractivity contribution in [2.24, 2.45) is 0 Å². The highest BCUT2D eigenvalue weighted by molar-refractivity contribution is 7.80. The van der Waals surface area contributed by atoms with E-state index < -0.39 is 0 Å². The molecule has 0 amide bonds. The normalized spacial score (nSPS) is 17.7. The monoisotopic (exact) mass is 220 g/mol. The van der Waals surface area contributed by atoms with E-state index in [-0.39, 0.29) is 0 Å². The van der Waals surface area contributed by atoms with Crippen molar-refractivity contribution in [1.82, 2.24) is 10.2 Å². The second kappa shape index (κ2) is 4.62. The Balaban J connectivity index is 2.20. The predicted octanol–water partition coefficient (Wildman–Crippen LogP) is 2.33. The van der Waals surface area contributed by atoms with Crippen molar-refractivity contribution in [3.05, 3.63) is 35.9 Å². The zero-order valence-electron chi connectivity index (χ0n) is 8.94. The maximum atomic E-state index is 5.30. The Morgan fingerprint density at radius 3 is 2.67 bits per heavy atom. The molecule has 3 heteroatoms. The molecule has 0 radical (unpaired) electrons. The van der Waals surface area contributed by atoms with Crippen LogP contribution in [0.3, 0.4) is 0 Å². The van der Waals surface area contributed by atoms with Gasteiger partial charge in [-0.25, -0.2) is 0 Å². The second-order valence-corrected chi connectivity index (χ2v) is 4.15. The number of hydrogen-bond donors (Lipinski definition) is 1. The summed E-state index contributed by atoms with van der Waals surface area (Å²) in [6, 6.07) is 11.0. The van der Waals surface area contributed by atoms with E-state index in [0.717, 1.165) is 24.6 Å². The van der Waals surface area contributed by atoms with E-state index >= 15 is 0 Å². The third-order valence-corrected chi connectivity index (χ3v) is 3.22. The molecule has 1 aromatic carbocycles. The summed E-state index contributed by atoms with van der Waals surface area (Å²) in [6.07, 6.45) is 1.09. The van der Waals surface area contributed by atoms with Crippen molar-refractivity contribution in [2.75, 3.05) is 13.1 Å². The number of benzene rings is 1. The Kier molecular flexibility index (Phi) is 3.21. The van der Waals surface area contributed by atoms with Gasteiger partial charge in [0, 0.05) is 13.1 Å². The lowest BCUT2D eigenvalue weighted by Gasteiger charge is -2.27. The van der Waals surface area contributed by atoms with Crippen LogP contribution >= 0.6 is 12.2 Å². The lowest BCUT2D eigenvalue weighted by atomic mass is 10.0. The Labute approximate surface area is 96.3 Å². The number of nitrogens with one attached hydrogen (secondary N) is 1. The molecule has 15 heavy (non-hydrogen) atoms. The van der Waals surface area contributed by atoms with E-state index in [4.69, 9.17) is 12.2 Å². The van der Waals surface area contributed by atoms with Crippen molar-refractivity contribution in [3.8, 4) is 0 Å². The third-order valence-electron chi connectivity index (χ3n) is 2.84. The highest BCUT2D eigenvalue weighted by Gasteiger charge is 2.24. The van der Waals surface area contributed by atoms with Crippen molar-refractivity contribution in [2.45, 2.75) is 19.4 Å². The minimum Gasteiger partial charge on any atom is -0.361 e. The molecule has 1 fully saturated rings. The quantitative estimate of drug-likeness (QED) is 0.787. The van der Waals surface area contributed by atoms with E-state index in [9.17, 15) is 0 Å². The van der Waals surface area contributed by atoms with E-state index in [1.54, 1.807) is 0 Å². The fourth-order valence-electron chi connectivity index (χ4n) is 2.09. The van der Waals surface area contributed by atoms with Gasteiger partial charge in [-0.1, -0.05) is 37.3 Å². The summed E-state index contributed by atoms with van der Waals surface area (Å²) in [4.78, 5) is 2.28. The van der Waals surface area contributed by atoms with Gasteiger partial charge in [0.15, 0.2) is 5.11 Å². The largest absolute Gasteiger partial charge is 0.361 e. The highest BCUT2D eigenvalue weighted by Crippen LogP contribution is 2.25. The Hall–Kier alpha value is -1.09. The van der Waals surface area contributed by atoms with Crippen LogP contribution in [0, 0.1) is 0 Å². The standard InChI is InChI=1S/C12H16N2S/c1-2-11(10-6-4-3-5-7-10)14-9-8-13-12(14)15/h3-7,11H,2,8-9H2,1H3,(H,13,15). The first-order chi connectivity index (χ1) is 7.33. The van der Waals surface area contributed by atoms with Crippen LogP contribution in [-0.2, 0) is 0 Å². The molecular formula is C12H16N2S. The van der Waals surface area contributed by atoms with Crippen LogP contribution in [0.25, 0.3) is 0 Å². The first kappa shape index (κ1) is 10.4. The zero-order valence-corrected chi connectivity index (χ0v) is 9.76. The molecule has 0 aromatic heterocycles. The topological polar surface area (TPSA) is 15.3 Å². The summed E-state index contributed by atoms with van der Waals surface area (Å²) >= 11 is 5.30. The van der Waals surface area contributed by atoms with Gasteiger partial charge in [-0.05, 0) is 24.2 Å². The lowest BCUT2D eigenvalue weighted by molar-refractivity contribution is 0.341. The lowest BCUT2D eigenvalue weighted by Crippen LogP contribution is -2.31. The zero-order chi connectivity index (χ0) is 10.7. The number of thiocarbonyl (C=S) groups is 1. The van der Waals surface area contributed by atoms with E-state index in [1.807, 2.05) is 0 Å². The summed E-state index contributed by atoms with van der Waals surface area (Å²) in [5.41, 5.74) is 1.35.